The Bertz CT molecular complexity index is 769. The molecular formula is C17H19NO4S. The highest BCUT2D eigenvalue weighted by Crippen LogP contribution is 2.34. The van der Waals surface area contributed by atoms with Crippen molar-refractivity contribution in [2.45, 2.75) is 13.3 Å². The van der Waals surface area contributed by atoms with Crippen molar-refractivity contribution < 1.29 is 19.4 Å². The summed E-state index contributed by atoms with van der Waals surface area (Å²) in [7, 11) is 1.49. The number of likely N-dealkylation sites (tertiary alicyclic amines) is 1. The maximum atomic E-state index is 12.8. The zero-order chi connectivity index (χ0) is 16.6. The Hall–Kier alpha value is -1.92. The summed E-state index contributed by atoms with van der Waals surface area (Å²) in [5.41, 5.74) is 0.820. The Labute approximate surface area is 138 Å². The van der Waals surface area contributed by atoms with E-state index >= 15 is 0 Å². The van der Waals surface area contributed by atoms with Crippen LogP contribution in [0.3, 0.4) is 0 Å². The number of aryl methyl sites for hydroxylation is 1. The number of amides is 1. The van der Waals surface area contributed by atoms with E-state index in [2.05, 4.69) is 6.07 Å². The van der Waals surface area contributed by atoms with Gasteiger partial charge in [-0.05, 0) is 25.0 Å². The normalized spacial score (nSPS) is 21.0. The molecule has 0 bridgehead atoms. The van der Waals surface area contributed by atoms with Crippen LogP contribution in [0.5, 0.6) is 0 Å². The van der Waals surface area contributed by atoms with Crippen molar-refractivity contribution in [3.05, 3.63) is 34.7 Å². The first-order valence-corrected chi connectivity index (χ1v) is 8.34. The molecule has 1 fully saturated rings. The van der Waals surface area contributed by atoms with Crippen LogP contribution in [0.2, 0.25) is 0 Å². The highest BCUT2D eigenvalue weighted by molar-refractivity contribution is 7.17. The monoisotopic (exact) mass is 333 g/mol. The Morgan fingerprint density at radius 1 is 1.43 bits per heavy atom. The lowest BCUT2D eigenvalue weighted by Gasteiger charge is -2.23. The van der Waals surface area contributed by atoms with Crippen LogP contribution in [-0.4, -0.2) is 48.7 Å². The van der Waals surface area contributed by atoms with E-state index in [9.17, 15) is 14.7 Å². The number of carbonyl (C=O) groups is 2. The molecule has 1 aromatic heterocycles. The Kier molecular flexibility index (Phi) is 4.12. The van der Waals surface area contributed by atoms with Gasteiger partial charge in [0.2, 0.25) is 0 Å². The molecule has 1 unspecified atom stereocenters. The fourth-order valence-corrected chi connectivity index (χ4v) is 4.18. The van der Waals surface area contributed by atoms with E-state index in [0.29, 0.717) is 18.5 Å². The van der Waals surface area contributed by atoms with Crippen molar-refractivity contribution in [3.63, 3.8) is 0 Å². The number of benzene rings is 1. The third-order valence-electron chi connectivity index (χ3n) is 4.48. The molecule has 6 heteroatoms. The number of ether oxygens (including phenoxy) is 1. The van der Waals surface area contributed by atoms with E-state index in [1.807, 2.05) is 24.4 Å². The Balaban J connectivity index is 1.87. The third-order valence-corrected chi connectivity index (χ3v) is 5.42. The summed E-state index contributed by atoms with van der Waals surface area (Å²) in [4.78, 5) is 26.1. The van der Waals surface area contributed by atoms with Crippen LogP contribution in [0, 0.1) is 12.3 Å². The van der Waals surface area contributed by atoms with Gasteiger partial charge < -0.3 is 14.7 Å². The van der Waals surface area contributed by atoms with Gasteiger partial charge in [-0.1, -0.05) is 12.1 Å². The van der Waals surface area contributed by atoms with Crippen molar-refractivity contribution in [2.24, 2.45) is 5.41 Å². The molecule has 0 radical (unpaired) electrons. The van der Waals surface area contributed by atoms with Gasteiger partial charge in [0, 0.05) is 35.7 Å². The number of carboxylic acid groups (broad SMARTS) is 1. The van der Waals surface area contributed by atoms with Gasteiger partial charge >= 0.3 is 5.97 Å². The second-order valence-electron chi connectivity index (χ2n) is 6.14. The van der Waals surface area contributed by atoms with Gasteiger partial charge in [0.1, 0.15) is 5.41 Å². The molecule has 2 heterocycles. The molecule has 1 aliphatic rings. The van der Waals surface area contributed by atoms with E-state index in [0.717, 1.165) is 15.6 Å². The fraction of sp³-hybridized carbons (Fsp3) is 0.412. The average Bonchev–Trinajstić information content (AvgIpc) is 3.11. The molecule has 1 saturated heterocycles. The van der Waals surface area contributed by atoms with Gasteiger partial charge in [0.05, 0.1) is 12.2 Å². The number of nitrogens with zero attached hydrogens (tertiary/aromatic N) is 1. The second kappa shape index (κ2) is 5.94. The predicted octanol–water partition coefficient (Wildman–Crippen LogP) is 2.77. The highest BCUT2D eigenvalue weighted by Gasteiger charge is 2.46. The largest absolute Gasteiger partial charge is 0.481 e. The van der Waals surface area contributed by atoms with Crippen molar-refractivity contribution in [3.8, 4) is 0 Å². The average molecular weight is 333 g/mol. The van der Waals surface area contributed by atoms with Crippen LogP contribution < -0.4 is 0 Å². The van der Waals surface area contributed by atoms with Gasteiger partial charge in [-0.15, -0.1) is 11.3 Å². The molecule has 0 aliphatic carbocycles. The number of fused-ring (bicyclic) bond motifs is 1. The van der Waals surface area contributed by atoms with E-state index in [4.69, 9.17) is 4.74 Å². The smallest absolute Gasteiger partial charge is 0.313 e. The van der Waals surface area contributed by atoms with Crippen LogP contribution in [0.25, 0.3) is 10.1 Å². The number of rotatable bonds is 4. The van der Waals surface area contributed by atoms with E-state index in [1.54, 1.807) is 16.2 Å². The molecule has 1 atom stereocenters. The second-order valence-corrected chi connectivity index (χ2v) is 7.06. The minimum atomic E-state index is -0.993. The lowest BCUT2D eigenvalue weighted by Crippen LogP contribution is -2.40. The van der Waals surface area contributed by atoms with E-state index in [1.165, 1.54) is 7.11 Å². The molecule has 5 nitrogen and oxygen atoms in total. The summed E-state index contributed by atoms with van der Waals surface area (Å²) in [6.07, 6.45) is 0.420. The fourth-order valence-electron chi connectivity index (χ4n) is 3.15. The van der Waals surface area contributed by atoms with E-state index < -0.39 is 11.4 Å². The Morgan fingerprint density at radius 2 is 2.22 bits per heavy atom. The zero-order valence-corrected chi connectivity index (χ0v) is 14.0. The number of aliphatic carboxylic acids is 1. The number of hydrogen-bond donors (Lipinski definition) is 1. The number of carbonyl (C=O) groups excluding carboxylic acids is 1. The van der Waals surface area contributed by atoms with Gasteiger partial charge in [0.25, 0.3) is 5.91 Å². The van der Waals surface area contributed by atoms with Gasteiger partial charge in [0.15, 0.2) is 0 Å². The highest BCUT2D eigenvalue weighted by atomic mass is 32.1. The molecule has 23 heavy (non-hydrogen) atoms. The molecule has 2 aromatic rings. The first-order chi connectivity index (χ1) is 11.0. The topological polar surface area (TPSA) is 66.8 Å². The molecule has 1 aromatic carbocycles. The van der Waals surface area contributed by atoms with Crippen molar-refractivity contribution in [2.75, 3.05) is 26.8 Å². The lowest BCUT2D eigenvalue weighted by atomic mass is 9.88. The number of carboxylic acids is 1. The summed E-state index contributed by atoms with van der Waals surface area (Å²) in [5, 5.41) is 12.3. The predicted molar refractivity (Wildman–Crippen MR) is 89.0 cm³/mol. The number of thiophene rings is 1. The summed E-state index contributed by atoms with van der Waals surface area (Å²) in [6.45, 7) is 2.78. The summed E-state index contributed by atoms with van der Waals surface area (Å²) < 4.78 is 6.15. The van der Waals surface area contributed by atoms with Crippen LogP contribution in [0.15, 0.2) is 23.6 Å². The van der Waals surface area contributed by atoms with Crippen LogP contribution >= 0.6 is 11.3 Å². The van der Waals surface area contributed by atoms with Crippen LogP contribution in [-0.2, 0) is 9.53 Å². The standard InChI is InChI=1S/C17H19NO4S/c1-11-3-4-12-13(8-23-14(12)7-11)15(19)18-6-5-17(9-18,10-22-2)16(20)21/h3-4,7-8H,5-6,9-10H2,1-2H3,(H,20,21). The summed E-state index contributed by atoms with van der Waals surface area (Å²) in [5.74, 6) is -1.00. The van der Waals surface area contributed by atoms with Crippen molar-refractivity contribution >= 4 is 33.3 Å². The van der Waals surface area contributed by atoms with Crippen molar-refractivity contribution in [1.29, 1.82) is 0 Å². The molecular weight excluding hydrogens is 314 g/mol. The SMILES string of the molecule is COCC1(C(=O)O)CCN(C(=O)c2csc3cc(C)ccc23)C1. The lowest BCUT2D eigenvalue weighted by molar-refractivity contribution is -0.151. The molecule has 1 N–H and O–H groups in total. The maximum absolute atomic E-state index is 12.8. The summed E-state index contributed by atoms with van der Waals surface area (Å²) in [6, 6.07) is 6.01. The zero-order valence-electron chi connectivity index (χ0n) is 13.2. The summed E-state index contributed by atoms with van der Waals surface area (Å²) >= 11 is 1.54. The molecule has 1 aliphatic heterocycles. The number of hydrogen-bond acceptors (Lipinski definition) is 4. The minimum Gasteiger partial charge on any atom is -0.481 e. The molecule has 1 amide bonds. The molecule has 0 saturated carbocycles. The first-order valence-electron chi connectivity index (χ1n) is 7.46. The van der Waals surface area contributed by atoms with Gasteiger partial charge in [-0.2, -0.15) is 0 Å². The van der Waals surface area contributed by atoms with E-state index in [-0.39, 0.29) is 19.1 Å². The molecule has 122 valence electrons. The minimum absolute atomic E-state index is 0.0978. The number of methoxy groups -OCH3 is 1. The van der Waals surface area contributed by atoms with Crippen molar-refractivity contribution in [1.82, 2.24) is 4.90 Å². The van der Waals surface area contributed by atoms with Crippen LogP contribution in [0.1, 0.15) is 22.3 Å². The maximum Gasteiger partial charge on any atom is 0.313 e. The first kappa shape index (κ1) is 16.0. The Morgan fingerprint density at radius 3 is 2.91 bits per heavy atom. The molecule has 3 rings (SSSR count). The van der Waals surface area contributed by atoms with Crippen LogP contribution in [0.4, 0.5) is 0 Å². The third kappa shape index (κ3) is 2.72. The van der Waals surface area contributed by atoms with Gasteiger partial charge in [-0.25, -0.2) is 0 Å². The molecule has 0 spiro atoms. The quantitative estimate of drug-likeness (QED) is 0.934. The van der Waals surface area contributed by atoms with Gasteiger partial charge in [-0.3, -0.25) is 9.59 Å².